The van der Waals surface area contributed by atoms with Crippen LogP contribution in [0.4, 0.5) is 5.69 Å². The summed E-state index contributed by atoms with van der Waals surface area (Å²) in [7, 11) is 0. The lowest BCUT2D eigenvalue weighted by Gasteiger charge is -2.45. The van der Waals surface area contributed by atoms with Gasteiger partial charge in [0, 0.05) is 16.3 Å². The fraction of sp³-hybridized carbons (Fsp3) is 0.136. The summed E-state index contributed by atoms with van der Waals surface area (Å²) in [5, 5.41) is 6.44. The van der Waals surface area contributed by atoms with E-state index in [1.54, 1.807) is 28.0 Å². The molecule has 0 spiro atoms. The number of aryl methyl sites for hydroxylation is 1. The largest absolute Gasteiger partial charge is 0.301 e. The van der Waals surface area contributed by atoms with Gasteiger partial charge in [-0.2, -0.15) is 5.10 Å². The van der Waals surface area contributed by atoms with Crippen molar-refractivity contribution >= 4 is 45.6 Å². The number of carbonyl (C=O) groups excluding carboxylic acids is 1. The predicted octanol–water partition coefficient (Wildman–Crippen LogP) is 5.08. The molecule has 0 unspecified atom stereocenters. The summed E-state index contributed by atoms with van der Waals surface area (Å²) < 4.78 is 1.71. The van der Waals surface area contributed by atoms with E-state index < -0.39 is 5.38 Å². The van der Waals surface area contributed by atoms with Gasteiger partial charge < -0.3 is 4.90 Å². The molecule has 5 nitrogen and oxygen atoms in total. The maximum Gasteiger partial charge on any atom is 0.248 e. The molecule has 0 N–H and O–H groups in total. The van der Waals surface area contributed by atoms with E-state index in [0.29, 0.717) is 5.02 Å². The van der Waals surface area contributed by atoms with Crippen LogP contribution >= 0.6 is 23.2 Å². The highest BCUT2D eigenvalue weighted by atomic mass is 35.5. The third-order valence-electron chi connectivity index (χ3n) is 5.26. The van der Waals surface area contributed by atoms with Gasteiger partial charge in [0.1, 0.15) is 18.0 Å². The molecule has 1 aliphatic rings. The van der Waals surface area contributed by atoms with Gasteiger partial charge in [-0.1, -0.05) is 35.4 Å². The molecule has 5 rings (SSSR count). The van der Waals surface area contributed by atoms with E-state index in [0.717, 1.165) is 27.7 Å². The van der Waals surface area contributed by atoms with Crippen molar-refractivity contribution in [2.45, 2.75) is 18.3 Å². The fourth-order valence-electron chi connectivity index (χ4n) is 3.83. The summed E-state index contributed by atoms with van der Waals surface area (Å²) in [6.07, 6.45) is 3.14. The summed E-state index contributed by atoms with van der Waals surface area (Å²) in [4.78, 5) is 18.5. The Hall–Kier alpha value is -2.89. The van der Waals surface area contributed by atoms with E-state index in [9.17, 15) is 4.79 Å². The van der Waals surface area contributed by atoms with Crippen LogP contribution in [0.15, 0.2) is 67.3 Å². The molecule has 1 saturated heterocycles. The highest BCUT2D eigenvalue weighted by molar-refractivity contribution is 6.37. The Morgan fingerprint density at radius 2 is 1.79 bits per heavy atom. The molecule has 2 heterocycles. The summed E-state index contributed by atoms with van der Waals surface area (Å²) in [5.41, 5.74) is 3.69. The van der Waals surface area contributed by atoms with Crippen molar-refractivity contribution in [1.29, 1.82) is 0 Å². The molecule has 1 fully saturated rings. The Morgan fingerprint density at radius 3 is 2.52 bits per heavy atom. The minimum Gasteiger partial charge on any atom is -0.301 e. The van der Waals surface area contributed by atoms with Crippen LogP contribution in [-0.2, 0) is 4.79 Å². The lowest BCUT2D eigenvalue weighted by atomic mass is 9.89. The average molecular weight is 423 g/mol. The van der Waals surface area contributed by atoms with Crippen molar-refractivity contribution in [2.24, 2.45) is 0 Å². The molecule has 0 bridgehead atoms. The van der Waals surface area contributed by atoms with Crippen molar-refractivity contribution in [1.82, 2.24) is 14.8 Å². The zero-order valence-corrected chi connectivity index (χ0v) is 17.0. The number of alkyl halides is 1. The molecule has 29 heavy (non-hydrogen) atoms. The van der Waals surface area contributed by atoms with Crippen molar-refractivity contribution in [3.05, 3.63) is 83.4 Å². The maximum atomic E-state index is 12.7. The van der Waals surface area contributed by atoms with Crippen LogP contribution in [0.25, 0.3) is 16.5 Å². The Kier molecular flexibility index (Phi) is 4.30. The number of β-lactam (4-membered cyclic amide) rings is 1. The average Bonchev–Trinajstić information content (AvgIpc) is 3.26. The van der Waals surface area contributed by atoms with E-state index >= 15 is 0 Å². The number of aromatic nitrogens is 3. The molecule has 0 radical (unpaired) electrons. The number of fused-ring (bicyclic) bond motifs is 1. The zero-order valence-electron chi connectivity index (χ0n) is 15.5. The first kappa shape index (κ1) is 18.2. The van der Waals surface area contributed by atoms with Crippen LogP contribution in [0.2, 0.25) is 5.02 Å². The number of amides is 1. The van der Waals surface area contributed by atoms with Gasteiger partial charge in [-0.3, -0.25) is 4.79 Å². The van der Waals surface area contributed by atoms with Gasteiger partial charge in [0.15, 0.2) is 0 Å². The minimum atomic E-state index is -0.657. The zero-order chi connectivity index (χ0) is 20.1. The molecule has 7 heteroatoms. The normalized spacial score (nSPS) is 18.9. The number of carbonyl (C=O) groups is 1. The van der Waals surface area contributed by atoms with Crippen LogP contribution in [-0.4, -0.2) is 26.0 Å². The van der Waals surface area contributed by atoms with Crippen LogP contribution in [0.3, 0.4) is 0 Å². The lowest BCUT2D eigenvalue weighted by molar-refractivity contribution is -0.123. The van der Waals surface area contributed by atoms with E-state index in [1.807, 2.05) is 12.1 Å². The minimum absolute atomic E-state index is 0.132. The second-order valence-electron chi connectivity index (χ2n) is 7.13. The van der Waals surface area contributed by atoms with E-state index in [2.05, 4.69) is 47.3 Å². The molecular formula is C22H16Cl2N4O. The van der Waals surface area contributed by atoms with Crippen molar-refractivity contribution in [3.8, 4) is 5.69 Å². The standard InChI is InChI=1S/C22H16Cl2N4O/c1-13-2-3-14-10-19(27-12-25-11-26-27)18(9-15(14)8-13)21-20(24)22(29)28(21)17-6-4-16(23)5-7-17/h2-12,20-21H,1H3/t20-,21-/m1/s1. The predicted molar refractivity (Wildman–Crippen MR) is 115 cm³/mol. The van der Waals surface area contributed by atoms with Gasteiger partial charge in [0.05, 0.1) is 11.7 Å². The molecule has 1 amide bonds. The van der Waals surface area contributed by atoms with Crippen LogP contribution < -0.4 is 4.90 Å². The van der Waals surface area contributed by atoms with Gasteiger partial charge >= 0.3 is 0 Å². The number of hydrogen-bond donors (Lipinski definition) is 0. The summed E-state index contributed by atoms with van der Waals surface area (Å²) in [6, 6.07) is 17.3. The van der Waals surface area contributed by atoms with Gasteiger partial charge in [-0.05, 0) is 54.1 Å². The quantitative estimate of drug-likeness (QED) is 0.341. The van der Waals surface area contributed by atoms with Gasteiger partial charge in [0.2, 0.25) is 5.91 Å². The molecule has 0 saturated carbocycles. The molecule has 3 aromatic carbocycles. The van der Waals surface area contributed by atoms with Crippen LogP contribution in [0, 0.1) is 6.92 Å². The highest BCUT2D eigenvalue weighted by Crippen LogP contribution is 2.45. The molecule has 4 aromatic rings. The van der Waals surface area contributed by atoms with E-state index in [4.69, 9.17) is 23.2 Å². The molecule has 1 aliphatic heterocycles. The first-order valence-corrected chi connectivity index (χ1v) is 9.96. The van der Waals surface area contributed by atoms with Crippen molar-refractivity contribution in [2.75, 3.05) is 4.90 Å². The van der Waals surface area contributed by atoms with Gasteiger partial charge in [0.25, 0.3) is 0 Å². The Balaban J connectivity index is 1.70. The third kappa shape index (κ3) is 2.98. The van der Waals surface area contributed by atoms with Gasteiger partial charge in [-0.15, -0.1) is 11.6 Å². The number of anilines is 1. The SMILES string of the molecule is Cc1ccc2cc(-n3cncn3)c([C@@H]3[C@@H](Cl)C(=O)N3c3ccc(Cl)cc3)cc2c1. The van der Waals surface area contributed by atoms with Crippen molar-refractivity contribution in [3.63, 3.8) is 0 Å². The molecular weight excluding hydrogens is 407 g/mol. The first-order valence-electron chi connectivity index (χ1n) is 9.15. The van der Waals surface area contributed by atoms with Crippen LogP contribution in [0.5, 0.6) is 0 Å². The monoisotopic (exact) mass is 422 g/mol. The topological polar surface area (TPSA) is 51.0 Å². The smallest absolute Gasteiger partial charge is 0.248 e. The molecule has 0 aliphatic carbocycles. The fourth-order valence-corrected chi connectivity index (χ4v) is 4.31. The summed E-state index contributed by atoms with van der Waals surface area (Å²) >= 11 is 12.6. The molecule has 2 atom stereocenters. The highest BCUT2D eigenvalue weighted by Gasteiger charge is 2.49. The summed E-state index contributed by atoms with van der Waals surface area (Å²) in [6.45, 7) is 2.06. The lowest BCUT2D eigenvalue weighted by Crippen LogP contribution is -2.56. The molecule has 1 aromatic heterocycles. The Labute approximate surface area is 177 Å². The van der Waals surface area contributed by atoms with E-state index in [-0.39, 0.29) is 11.9 Å². The second-order valence-corrected chi connectivity index (χ2v) is 8.04. The summed E-state index contributed by atoms with van der Waals surface area (Å²) in [5.74, 6) is -0.132. The van der Waals surface area contributed by atoms with Crippen molar-refractivity contribution < 1.29 is 4.79 Å². The maximum absolute atomic E-state index is 12.7. The number of halogens is 2. The Morgan fingerprint density at radius 1 is 1.00 bits per heavy atom. The third-order valence-corrected chi connectivity index (χ3v) is 5.94. The number of benzene rings is 3. The number of rotatable bonds is 3. The first-order chi connectivity index (χ1) is 14.0. The van der Waals surface area contributed by atoms with Gasteiger partial charge in [-0.25, -0.2) is 9.67 Å². The number of hydrogen-bond acceptors (Lipinski definition) is 3. The van der Waals surface area contributed by atoms with Crippen LogP contribution in [0.1, 0.15) is 17.2 Å². The Bertz CT molecular complexity index is 1220. The van der Waals surface area contributed by atoms with E-state index in [1.165, 1.54) is 11.9 Å². The molecule has 144 valence electrons. The number of nitrogens with zero attached hydrogens (tertiary/aromatic N) is 4. The second kappa shape index (κ2) is 6.87.